The van der Waals surface area contributed by atoms with Crippen LogP contribution in [0, 0.1) is 0 Å². The van der Waals surface area contributed by atoms with Crippen molar-refractivity contribution < 1.29 is 4.74 Å². The highest BCUT2D eigenvalue weighted by molar-refractivity contribution is 6.33. The van der Waals surface area contributed by atoms with E-state index in [1.54, 1.807) is 7.11 Å². The van der Waals surface area contributed by atoms with Crippen molar-refractivity contribution in [2.75, 3.05) is 12.5 Å². The van der Waals surface area contributed by atoms with Crippen molar-refractivity contribution >= 4 is 28.2 Å². The lowest BCUT2D eigenvalue weighted by Crippen LogP contribution is -2.09. The molecule has 1 aliphatic carbocycles. The Morgan fingerprint density at radius 2 is 2.05 bits per heavy atom. The number of hydrogen-bond acceptors (Lipinski definition) is 4. The second kappa shape index (κ2) is 5.46. The van der Waals surface area contributed by atoms with Gasteiger partial charge >= 0.3 is 0 Å². The molecular weight excluding hydrogens is 274 g/mol. The second-order valence-electron chi connectivity index (χ2n) is 5.22. The number of pyridine rings is 1. The lowest BCUT2D eigenvalue weighted by atomic mass is 10.0. The quantitative estimate of drug-likeness (QED) is 0.666. The fraction of sp³-hybridized carbons (Fsp3) is 0.400. The van der Waals surface area contributed by atoms with Crippen LogP contribution in [-0.4, -0.2) is 12.1 Å². The Hall–Kier alpha value is -1.52. The SMILES string of the molecule is COc1cc2nc(C3CCCC3)cc(NN)c2cc1Cl. The minimum atomic E-state index is 0.535. The molecule has 1 aromatic heterocycles. The number of nitrogens with two attached hydrogens (primary N) is 1. The van der Waals surface area contributed by atoms with E-state index in [0.29, 0.717) is 16.7 Å². The van der Waals surface area contributed by atoms with Crippen molar-refractivity contribution in [1.82, 2.24) is 4.98 Å². The number of aromatic nitrogens is 1. The topological polar surface area (TPSA) is 60.2 Å². The van der Waals surface area contributed by atoms with E-state index < -0.39 is 0 Å². The molecule has 3 N–H and O–H groups in total. The van der Waals surface area contributed by atoms with Crippen molar-refractivity contribution in [2.24, 2.45) is 5.84 Å². The molecule has 0 saturated heterocycles. The molecule has 1 saturated carbocycles. The Kier molecular flexibility index (Phi) is 3.68. The lowest BCUT2D eigenvalue weighted by Gasteiger charge is -2.14. The van der Waals surface area contributed by atoms with Gasteiger partial charge in [0.25, 0.3) is 0 Å². The maximum Gasteiger partial charge on any atom is 0.139 e. The van der Waals surface area contributed by atoms with Gasteiger partial charge in [0, 0.05) is 23.1 Å². The molecule has 0 bridgehead atoms. The first kappa shape index (κ1) is 13.5. The summed E-state index contributed by atoms with van der Waals surface area (Å²) in [5, 5.41) is 1.48. The molecule has 5 heteroatoms. The summed E-state index contributed by atoms with van der Waals surface area (Å²) in [5.74, 6) is 6.82. The van der Waals surface area contributed by atoms with Crippen LogP contribution in [0.2, 0.25) is 5.02 Å². The van der Waals surface area contributed by atoms with E-state index in [9.17, 15) is 0 Å². The summed E-state index contributed by atoms with van der Waals surface area (Å²) in [5.41, 5.74) is 5.59. The van der Waals surface area contributed by atoms with Crippen LogP contribution in [0.15, 0.2) is 18.2 Å². The number of halogens is 1. The Balaban J connectivity index is 2.17. The molecule has 4 nitrogen and oxygen atoms in total. The third-order valence-electron chi connectivity index (χ3n) is 4.03. The van der Waals surface area contributed by atoms with E-state index in [1.165, 1.54) is 25.7 Å². The predicted molar refractivity (Wildman–Crippen MR) is 82.3 cm³/mol. The monoisotopic (exact) mass is 291 g/mol. The summed E-state index contributed by atoms with van der Waals surface area (Å²) < 4.78 is 5.27. The molecule has 0 atom stereocenters. The second-order valence-corrected chi connectivity index (χ2v) is 5.63. The molecule has 1 heterocycles. The average Bonchev–Trinajstić information content (AvgIpc) is 2.99. The number of hydrazine groups is 1. The van der Waals surface area contributed by atoms with E-state index in [-0.39, 0.29) is 0 Å². The summed E-state index contributed by atoms with van der Waals surface area (Å²) in [6, 6.07) is 5.76. The summed E-state index contributed by atoms with van der Waals surface area (Å²) in [6.07, 6.45) is 4.96. The lowest BCUT2D eigenvalue weighted by molar-refractivity contribution is 0.415. The van der Waals surface area contributed by atoms with Crippen molar-refractivity contribution in [2.45, 2.75) is 31.6 Å². The number of nitrogens with one attached hydrogen (secondary N) is 1. The zero-order chi connectivity index (χ0) is 14.1. The number of methoxy groups -OCH3 is 1. The molecule has 1 aliphatic rings. The van der Waals surface area contributed by atoms with Crippen LogP contribution in [0.4, 0.5) is 5.69 Å². The maximum atomic E-state index is 6.18. The minimum absolute atomic E-state index is 0.535. The number of benzene rings is 1. The maximum absolute atomic E-state index is 6.18. The molecule has 0 unspecified atom stereocenters. The van der Waals surface area contributed by atoms with E-state index in [4.69, 9.17) is 27.2 Å². The molecule has 1 aromatic carbocycles. The molecule has 20 heavy (non-hydrogen) atoms. The van der Waals surface area contributed by atoms with E-state index in [1.807, 2.05) is 18.2 Å². The fourth-order valence-corrected chi connectivity index (χ4v) is 3.20. The van der Waals surface area contributed by atoms with Gasteiger partial charge in [-0.1, -0.05) is 24.4 Å². The third-order valence-corrected chi connectivity index (χ3v) is 4.33. The van der Waals surface area contributed by atoms with Gasteiger partial charge in [0.1, 0.15) is 5.75 Å². The van der Waals surface area contributed by atoms with Gasteiger partial charge in [-0.3, -0.25) is 10.8 Å². The van der Waals surface area contributed by atoms with Crippen LogP contribution in [0.5, 0.6) is 5.75 Å². The highest BCUT2D eigenvalue weighted by atomic mass is 35.5. The van der Waals surface area contributed by atoms with Gasteiger partial charge in [0.05, 0.1) is 23.3 Å². The molecule has 0 aliphatic heterocycles. The number of ether oxygens (including phenoxy) is 1. The molecule has 1 fully saturated rings. The van der Waals surface area contributed by atoms with E-state index in [2.05, 4.69) is 5.43 Å². The highest BCUT2D eigenvalue weighted by Gasteiger charge is 2.20. The van der Waals surface area contributed by atoms with Crippen LogP contribution >= 0.6 is 11.6 Å². The predicted octanol–water partition coefficient (Wildman–Crippen LogP) is 3.84. The number of anilines is 1. The van der Waals surface area contributed by atoms with Gasteiger partial charge in [0.15, 0.2) is 0 Å². The summed E-state index contributed by atoms with van der Waals surface area (Å²) in [7, 11) is 1.61. The van der Waals surface area contributed by atoms with Gasteiger partial charge in [-0.15, -0.1) is 0 Å². The van der Waals surface area contributed by atoms with E-state index in [0.717, 1.165) is 22.3 Å². The number of nitrogen functional groups attached to an aromatic ring is 1. The first-order chi connectivity index (χ1) is 9.72. The van der Waals surface area contributed by atoms with Crippen LogP contribution in [-0.2, 0) is 0 Å². The normalized spacial score (nSPS) is 15.8. The molecule has 0 amide bonds. The first-order valence-corrected chi connectivity index (χ1v) is 7.25. The van der Waals surface area contributed by atoms with Crippen LogP contribution < -0.4 is 16.0 Å². The van der Waals surface area contributed by atoms with Crippen LogP contribution in [0.3, 0.4) is 0 Å². The molecule has 106 valence electrons. The molecule has 3 rings (SSSR count). The summed E-state index contributed by atoms with van der Waals surface area (Å²) in [6.45, 7) is 0. The molecule has 0 spiro atoms. The van der Waals surface area contributed by atoms with Gasteiger partial charge in [0.2, 0.25) is 0 Å². The summed E-state index contributed by atoms with van der Waals surface area (Å²) >= 11 is 6.18. The average molecular weight is 292 g/mol. The van der Waals surface area contributed by atoms with Crippen LogP contribution in [0.25, 0.3) is 10.9 Å². The summed E-state index contributed by atoms with van der Waals surface area (Å²) in [4.78, 5) is 4.78. The van der Waals surface area contributed by atoms with Gasteiger partial charge < -0.3 is 10.2 Å². The van der Waals surface area contributed by atoms with E-state index >= 15 is 0 Å². The Bertz CT molecular complexity index is 639. The van der Waals surface area contributed by atoms with Gasteiger partial charge in [-0.2, -0.15) is 0 Å². The Labute approximate surface area is 123 Å². The van der Waals surface area contributed by atoms with Crippen molar-refractivity contribution in [3.8, 4) is 5.75 Å². The first-order valence-electron chi connectivity index (χ1n) is 6.87. The smallest absolute Gasteiger partial charge is 0.139 e. The number of nitrogens with zero attached hydrogens (tertiary/aromatic N) is 1. The van der Waals surface area contributed by atoms with Crippen molar-refractivity contribution in [3.63, 3.8) is 0 Å². The molecule has 0 radical (unpaired) electrons. The fourth-order valence-electron chi connectivity index (χ4n) is 2.95. The minimum Gasteiger partial charge on any atom is -0.495 e. The molecular formula is C15H18ClN3O. The van der Waals surface area contributed by atoms with Gasteiger partial charge in [-0.25, -0.2) is 0 Å². The zero-order valence-corrected chi connectivity index (χ0v) is 12.2. The number of hydrogen-bond donors (Lipinski definition) is 2. The molecule has 2 aromatic rings. The standard InChI is InChI=1S/C15H18ClN3O/c1-20-15-8-13-10(6-11(15)16)14(19-17)7-12(18-13)9-4-2-3-5-9/h6-9H,2-5,17H2,1H3,(H,18,19). The van der Waals surface area contributed by atoms with Crippen LogP contribution in [0.1, 0.15) is 37.3 Å². The number of rotatable bonds is 3. The third kappa shape index (κ3) is 2.30. The van der Waals surface area contributed by atoms with Gasteiger partial charge in [-0.05, 0) is 25.0 Å². The van der Waals surface area contributed by atoms with Crippen molar-refractivity contribution in [3.05, 3.63) is 28.9 Å². The zero-order valence-electron chi connectivity index (χ0n) is 11.4. The highest BCUT2D eigenvalue weighted by Crippen LogP contribution is 2.38. The van der Waals surface area contributed by atoms with Crippen molar-refractivity contribution in [1.29, 1.82) is 0 Å². The number of fused-ring (bicyclic) bond motifs is 1. The Morgan fingerprint density at radius 3 is 2.70 bits per heavy atom. The largest absolute Gasteiger partial charge is 0.495 e. The Morgan fingerprint density at radius 1 is 1.30 bits per heavy atom.